The summed E-state index contributed by atoms with van der Waals surface area (Å²) < 4.78 is 10.9. The molecule has 5 heteroatoms. The normalized spacial score (nSPS) is 20.6. The highest BCUT2D eigenvalue weighted by Crippen LogP contribution is 2.42. The van der Waals surface area contributed by atoms with Gasteiger partial charge in [0.15, 0.2) is 5.54 Å². The highest BCUT2D eigenvalue weighted by atomic mass is 16.5. The van der Waals surface area contributed by atoms with Crippen molar-refractivity contribution in [3.63, 3.8) is 0 Å². The third kappa shape index (κ3) is 3.13. The van der Waals surface area contributed by atoms with Crippen molar-refractivity contribution in [3.8, 4) is 11.5 Å². The summed E-state index contributed by atoms with van der Waals surface area (Å²) in [4.78, 5) is 11.8. The van der Waals surface area contributed by atoms with Crippen LogP contribution in [0.1, 0.15) is 25.7 Å². The van der Waals surface area contributed by atoms with Gasteiger partial charge in [0.1, 0.15) is 18.1 Å². The molecule has 1 aromatic rings. The third-order valence-electron chi connectivity index (χ3n) is 4.20. The molecule has 0 aliphatic heterocycles. The molecule has 5 nitrogen and oxygen atoms in total. The second kappa shape index (κ2) is 5.56. The molecule has 0 heterocycles. The van der Waals surface area contributed by atoms with Gasteiger partial charge in [-0.1, -0.05) is 6.07 Å². The van der Waals surface area contributed by atoms with Crippen LogP contribution in [0.3, 0.4) is 0 Å². The predicted octanol–water partition coefficient (Wildman–Crippen LogP) is 2.06. The zero-order valence-electron chi connectivity index (χ0n) is 12.2. The summed E-state index contributed by atoms with van der Waals surface area (Å²) in [5.41, 5.74) is -0.954. The van der Waals surface area contributed by atoms with Crippen molar-refractivity contribution in [2.45, 2.75) is 37.3 Å². The van der Waals surface area contributed by atoms with Crippen LogP contribution >= 0.6 is 0 Å². The van der Waals surface area contributed by atoms with E-state index in [9.17, 15) is 9.90 Å². The number of methoxy groups -OCH3 is 1. The molecule has 0 amide bonds. The fourth-order valence-corrected chi connectivity index (χ4v) is 2.63. The van der Waals surface area contributed by atoms with Gasteiger partial charge < -0.3 is 14.6 Å². The Labute approximate surface area is 124 Å². The average Bonchev–Trinajstić information content (AvgIpc) is 3.36. The van der Waals surface area contributed by atoms with Crippen molar-refractivity contribution < 1.29 is 19.4 Å². The molecule has 1 atom stereocenters. The van der Waals surface area contributed by atoms with E-state index in [0.29, 0.717) is 17.5 Å². The molecule has 2 aliphatic rings. The Kier molecular flexibility index (Phi) is 3.76. The minimum Gasteiger partial charge on any atom is -0.497 e. The minimum atomic E-state index is -0.954. The van der Waals surface area contributed by atoms with Gasteiger partial charge in [0.05, 0.1) is 7.11 Å². The van der Waals surface area contributed by atoms with Gasteiger partial charge in [0.2, 0.25) is 0 Å². The average molecular weight is 291 g/mol. The molecule has 3 rings (SSSR count). The first kappa shape index (κ1) is 14.2. The quantitative estimate of drug-likeness (QED) is 0.767. The number of ether oxygens (including phenoxy) is 2. The summed E-state index contributed by atoms with van der Waals surface area (Å²) in [5, 5.41) is 13.0. The van der Waals surface area contributed by atoms with Gasteiger partial charge in [-0.05, 0) is 43.7 Å². The largest absolute Gasteiger partial charge is 0.497 e. The van der Waals surface area contributed by atoms with E-state index in [-0.39, 0.29) is 12.5 Å². The summed E-state index contributed by atoms with van der Waals surface area (Å²) in [6, 6.07) is 7.59. The van der Waals surface area contributed by atoms with Gasteiger partial charge in [0.25, 0.3) is 0 Å². The van der Waals surface area contributed by atoms with E-state index in [1.54, 1.807) is 13.2 Å². The van der Waals surface area contributed by atoms with Gasteiger partial charge in [0, 0.05) is 12.1 Å². The Morgan fingerprint density at radius 1 is 1.33 bits per heavy atom. The first-order valence-corrected chi connectivity index (χ1v) is 7.42. The number of benzene rings is 1. The molecule has 1 aromatic carbocycles. The maximum atomic E-state index is 11.8. The van der Waals surface area contributed by atoms with E-state index in [1.807, 2.05) is 18.2 Å². The summed E-state index contributed by atoms with van der Waals surface area (Å²) in [6.45, 7) is 0.149. The summed E-state index contributed by atoms with van der Waals surface area (Å²) in [6.07, 6.45) is 4.02. The lowest BCUT2D eigenvalue weighted by atomic mass is 9.94. The van der Waals surface area contributed by atoms with E-state index in [4.69, 9.17) is 9.47 Å². The Hall–Kier alpha value is -1.75. The van der Waals surface area contributed by atoms with Gasteiger partial charge >= 0.3 is 5.97 Å². The highest BCUT2D eigenvalue weighted by Gasteiger charge is 2.54. The van der Waals surface area contributed by atoms with Crippen LogP contribution in [0.5, 0.6) is 11.5 Å². The van der Waals surface area contributed by atoms with E-state index >= 15 is 0 Å². The summed E-state index contributed by atoms with van der Waals surface area (Å²) in [5.74, 6) is 0.703. The van der Waals surface area contributed by atoms with Crippen molar-refractivity contribution in [1.29, 1.82) is 0 Å². The Bertz CT molecular complexity index is 525. The monoisotopic (exact) mass is 291 g/mol. The van der Waals surface area contributed by atoms with Crippen LogP contribution < -0.4 is 14.8 Å². The number of nitrogens with one attached hydrogen (secondary N) is 1. The number of rotatable bonds is 8. The van der Waals surface area contributed by atoms with Crippen LogP contribution in [-0.2, 0) is 4.79 Å². The number of hydrogen-bond acceptors (Lipinski definition) is 4. The lowest BCUT2D eigenvalue weighted by Crippen LogP contribution is -2.59. The van der Waals surface area contributed by atoms with Crippen LogP contribution in [0.2, 0.25) is 0 Å². The van der Waals surface area contributed by atoms with Gasteiger partial charge in [-0.3, -0.25) is 10.1 Å². The smallest absolute Gasteiger partial charge is 0.327 e. The van der Waals surface area contributed by atoms with E-state index in [2.05, 4.69) is 5.32 Å². The van der Waals surface area contributed by atoms with Crippen LogP contribution in [0, 0.1) is 5.92 Å². The van der Waals surface area contributed by atoms with E-state index < -0.39 is 11.5 Å². The molecule has 2 N–H and O–H groups in total. The van der Waals surface area contributed by atoms with Crippen molar-refractivity contribution in [2.75, 3.05) is 13.7 Å². The molecule has 2 aliphatic carbocycles. The Morgan fingerprint density at radius 2 is 2.05 bits per heavy atom. The molecule has 2 fully saturated rings. The molecule has 0 aromatic heterocycles. The Balaban J connectivity index is 1.72. The second-order valence-electron chi connectivity index (χ2n) is 5.94. The zero-order valence-corrected chi connectivity index (χ0v) is 12.2. The van der Waals surface area contributed by atoms with Crippen molar-refractivity contribution >= 4 is 5.97 Å². The molecule has 0 spiro atoms. The number of carboxylic acid groups (broad SMARTS) is 1. The molecular formula is C16H21NO4. The number of carboxylic acids is 1. The number of hydrogen-bond donors (Lipinski definition) is 2. The summed E-state index contributed by atoms with van der Waals surface area (Å²) in [7, 11) is 1.60. The second-order valence-corrected chi connectivity index (χ2v) is 5.94. The highest BCUT2D eigenvalue weighted by molar-refractivity contribution is 5.80. The standard InChI is InChI=1S/C16H21NO4/c1-20-13-3-2-4-14(9-13)21-10-16(15(18)19,11-5-6-11)17-12-7-8-12/h2-4,9,11-12,17H,5-8,10H2,1H3,(H,18,19). The number of carbonyl (C=O) groups is 1. The van der Waals surface area contributed by atoms with E-state index in [1.165, 1.54) is 0 Å². The lowest BCUT2D eigenvalue weighted by molar-refractivity contribution is -0.147. The van der Waals surface area contributed by atoms with Crippen molar-refractivity contribution in [2.24, 2.45) is 5.92 Å². The lowest BCUT2D eigenvalue weighted by Gasteiger charge is -2.31. The predicted molar refractivity (Wildman–Crippen MR) is 77.7 cm³/mol. The molecular weight excluding hydrogens is 270 g/mol. The first-order valence-electron chi connectivity index (χ1n) is 7.42. The fourth-order valence-electron chi connectivity index (χ4n) is 2.63. The van der Waals surface area contributed by atoms with E-state index in [0.717, 1.165) is 25.7 Å². The topological polar surface area (TPSA) is 67.8 Å². The maximum Gasteiger partial charge on any atom is 0.327 e. The fraction of sp³-hybridized carbons (Fsp3) is 0.562. The first-order chi connectivity index (χ1) is 10.1. The van der Waals surface area contributed by atoms with Crippen LogP contribution in [0.25, 0.3) is 0 Å². The SMILES string of the molecule is COc1cccc(OCC(NC2CC2)(C(=O)O)C2CC2)c1. The molecule has 114 valence electrons. The molecule has 1 unspecified atom stereocenters. The molecule has 0 saturated heterocycles. The van der Waals surface area contributed by atoms with Crippen molar-refractivity contribution in [3.05, 3.63) is 24.3 Å². The molecule has 21 heavy (non-hydrogen) atoms. The summed E-state index contributed by atoms with van der Waals surface area (Å²) >= 11 is 0. The van der Waals surface area contributed by atoms with Gasteiger partial charge in [-0.2, -0.15) is 0 Å². The Morgan fingerprint density at radius 3 is 2.62 bits per heavy atom. The molecule has 2 saturated carbocycles. The van der Waals surface area contributed by atoms with Crippen molar-refractivity contribution in [1.82, 2.24) is 5.32 Å². The zero-order chi connectivity index (χ0) is 14.9. The van der Waals surface area contributed by atoms with Crippen LogP contribution in [-0.4, -0.2) is 36.4 Å². The van der Waals surface area contributed by atoms with Gasteiger partial charge in [-0.25, -0.2) is 0 Å². The van der Waals surface area contributed by atoms with Crippen LogP contribution in [0.4, 0.5) is 0 Å². The maximum absolute atomic E-state index is 11.8. The minimum absolute atomic E-state index is 0.149. The third-order valence-corrected chi connectivity index (χ3v) is 4.20. The number of aliphatic carboxylic acids is 1. The molecule has 0 bridgehead atoms. The van der Waals surface area contributed by atoms with Gasteiger partial charge in [-0.15, -0.1) is 0 Å². The molecule has 0 radical (unpaired) electrons. The van der Waals surface area contributed by atoms with Crippen LogP contribution in [0.15, 0.2) is 24.3 Å².